The zero-order valence-corrected chi connectivity index (χ0v) is 15.1. The third-order valence-electron chi connectivity index (χ3n) is 4.52. The number of hydrogen-bond donors (Lipinski definition) is 2. The van der Waals surface area contributed by atoms with Crippen LogP contribution in [0.2, 0.25) is 5.02 Å². The summed E-state index contributed by atoms with van der Waals surface area (Å²) in [5.41, 5.74) is 1.59. The standard InChI is InChI=1S/C18H28ClN3O/c1-4-23-12-11-18(9-10-18)13-21-17(20-3)22-14(2)15-5-7-16(19)8-6-15/h5-8,14H,4,9-13H2,1-3H3,(H2,20,21,22). The van der Waals surface area contributed by atoms with Gasteiger partial charge < -0.3 is 15.4 Å². The van der Waals surface area contributed by atoms with Crippen molar-refractivity contribution in [2.45, 2.75) is 39.2 Å². The monoisotopic (exact) mass is 337 g/mol. The SMILES string of the molecule is CCOCCC1(CNC(=NC)NC(C)c2ccc(Cl)cc2)CC1. The van der Waals surface area contributed by atoms with E-state index in [1.54, 1.807) is 0 Å². The highest BCUT2D eigenvalue weighted by molar-refractivity contribution is 6.30. The molecule has 0 bridgehead atoms. The van der Waals surface area contributed by atoms with E-state index in [1.807, 2.05) is 38.2 Å². The first-order valence-corrected chi connectivity index (χ1v) is 8.77. The summed E-state index contributed by atoms with van der Waals surface area (Å²) in [6.45, 7) is 6.77. The van der Waals surface area contributed by atoms with Crippen molar-refractivity contribution in [2.24, 2.45) is 10.4 Å². The summed E-state index contributed by atoms with van der Waals surface area (Å²) in [5.74, 6) is 0.843. The molecule has 0 aliphatic heterocycles. The molecule has 0 amide bonds. The Kier molecular flexibility index (Phi) is 6.72. The van der Waals surface area contributed by atoms with Crippen molar-refractivity contribution in [3.63, 3.8) is 0 Å². The molecule has 1 saturated carbocycles. The van der Waals surface area contributed by atoms with E-state index >= 15 is 0 Å². The van der Waals surface area contributed by atoms with E-state index in [4.69, 9.17) is 16.3 Å². The van der Waals surface area contributed by atoms with Crippen LogP contribution in [0.5, 0.6) is 0 Å². The van der Waals surface area contributed by atoms with E-state index in [2.05, 4.69) is 22.5 Å². The molecule has 128 valence electrons. The van der Waals surface area contributed by atoms with Crippen LogP contribution in [-0.2, 0) is 4.74 Å². The van der Waals surface area contributed by atoms with Crippen LogP contribution in [0.25, 0.3) is 0 Å². The molecule has 1 aliphatic rings. The zero-order valence-electron chi connectivity index (χ0n) is 14.4. The molecule has 0 radical (unpaired) electrons. The topological polar surface area (TPSA) is 45.6 Å². The van der Waals surface area contributed by atoms with E-state index in [1.165, 1.54) is 18.4 Å². The Bertz CT molecular complexity index is 512. The summed E-state index contributed by atoms with van der Waals surface area (Å²) in [6.07, 6.45) is 3.67. The van der Waals surface area contributed by atoms with Gasteiger partial charge in [0.15, 0.2) is 5.96 Å². The van der Waals surface area contributed by atoms with E-state index < -0.39 is 0 Å². The maximum atomic E-state index is 5.94. The predicted molar refractivity (Wildman–Crippen MR) is 97.1 cm³/mol. The van der Waals surface area contributed by atoms with Crippen molar-refractivity contribution in [2.75, 3.05) is 26.8 Å². The maximum Gasteiger partial charge on any atom is 0.191 e. The lowest BCUT2D eigenvalue weighted by Gasteiger charge is -2.21. The molecule has 2 rings (SSSR count). The van der Waals surface area contributed by atoms with Gasteiger partial charge in [0.1, 0.15) is 0 Å². The smallest absolute Gasteiger partial charge is 0.191 e. The van der Waals surface area contributed by atoms with Gasteiger partial charge in [0.2, 0.25) is 0 Å². The Balaban J connectivity index is 1.80. The molecule has 0 aromatic heterocycles. The molecule has 0 spiro atoms. The molecule has 1 aromatic rings. The molecular weight excluding hydrogens is 310 g/mol. The molecular formula is C18H28ClN3O. The molecule has 0 saturated heterocycles. The highest BCUT2D eigenvalue weighted by atomic mass is 35.5. The van der Waals surface area contributed by atoms with Crippen LogP contribution in [0.3, 0.4) is 0 Å². The number of halogens is 1. The first-order chi connectivity index (χ1) is 11.1. The van der Waals surface area contributed by atoms with E-state index in [0.717, 1.165) is 37.2 Å². The fourth-order valence-electron chi connectivity index (χ4n) is 2.63. The molecule has 2 N–H and O–H groups in total. The third-order valence-corrected chi connectivity index (χ3v) is 4.77. The number of hydrogen-bond acceptors (Lipinski definition) is 2. The van der Waals surface area contributed by atoms with E-state index in [0.29, 0.717) is 5.41 Å². The Morgan fingerprint density at radius 2 is 2.04 bits per heavy atom. The van der Waals surface area contributed by atoms with Gasteiger partial charge in [-0.2, -0.15) is 0 Å². The van der Waals surface area contributed by atoms with Crippen LogP contribution in [0.1, 0.15) is 44.7 Å². The zero-order chi connectivity index (χ0) is 16.7. The molecule has 1 fully saturated rings. The Morgan fingerprint density at radius 1 is 1.35 bits per heavy atom. The lowest BCUT2D eigenvalue weighted by molar-refractivity contribution is 0.128. The summed E-state index contributed by atoms with van der Waals surface area (Å²) in [5, 5.41) is 7.66. The van der Waals surface area contributed by atoms with Crippen molar-refractivity contribution in [3.8, 4) is 0 Å². The molecule has 1 aromatic carbocycles. The van der Waals surface area contributed by atoms with Gasteiger partial charge in [0.05, 0.1) is 6.04 Å². The minimum atomic E-state index is 0.178. The van der Waals surface area contributed by atoms with Crippen molar-refractivity contribution in [3.05, 3.63) is 34.9 Å². The van der Waals surface area contributed by atoms with Crippen LogP contribution in [0.15, 0.2) is 29.3 Å². The second kappa shape index (κ2) is 8.55. The largest absolute Gasteiger partial charge is 0.382 e. The van der Waals surface area contributed by atoms with Gasteiger partial charge in [-0.1, -0.05) is 23.7 Å². The molecule has 4 nitrogen and oxygen atoms in total. The minimum absolute atomic E-state index is 0.178. The highest BCUT2D eigenvalue weighted by Gasteiger charge is 2.41. The maximum absolute atomic E-state index is 5.94. The quantitative estimate of drug-likeness (QED) is 0.431. The van der Waals surface area contributed by atoms with Gasteiger partial charge in [-0.3, -0.25) is 4.99 Å². The molecule has 5 heteroatoms. The Labute approximate surface area is 144 Å². The fourth-order valence-corrected chi connectivity index (χ4v) is 2.76. The van der Waals surface area contributed by atoms with Crippen LogP contribution >= 0.6 is 11.6 Å². The number of aliphatic imine (C=N–C) groups is 1. The number of rotatable bonds is 8. The van der Waals surface area contributed by atoms with Crippen LogP contribution in [0.4, 0.5) is 0 Å². The lowest BCUT2D eigenvalue weighted by Crippen LogP contribution is -2.41. The highest BCUT2D eigenvalue weighted by Crippen LogP contribution is 2.48. The molecule has 23 heavy (non-hydrogen) atoms. The lowest BCUT2D eigenvalue weighted by atomic mass is 10.0. The summed E-state index contributed by atoms with van der Waals surface area (Å²) in [6, 6.07) is 8.09. The van der Waals surface area contributed by atoms with Crippen LogP contribution in [-0.4, -0.2) is 32.8 Å². The number of nitrogens with one attached hydrogen (secondary N) is 2. The number of ether oxygens (including phenoxy) is 1. The average molecular weight is 338 g/mol. The van der Waals surface area contributed by atoms with Crippen molar-refractivity contribution < 1.29 is 4.74 Å². The van der Waals surface area contributed by atoms with Crippen molar-refractivity contribution >= 4 is 17.6 Å². The summed E-state index contributed by atoms with van der Waals surface area (Å²) in [4.78, 5) is 4.34. The minimum Gasteiger partial charge on any atom is -0.382 e. The third kappa shape index (κ3) is 5.70. The van der Waals surface area contributed by atoms with Gasteiger partial charge in [-0.15, -0.1) is 0 Å². The van der Waals surface area contributed by atoms with Gasteiger partial charge >= 0.3 is 0 Å². The average Bonchev–Trinajstić information content (AvgIpc) is 3.32. The first-order valence-electron chi connectivity index (χ1n) is 8.39. The van der Waals surface area contributed by atoms with Crippen LogP contribution in [0, 0.1) is 5.41 Å². The number of guanidine groups is 1. The van der Waals surface area contributed by atoms with Crippen molar-refractivity contribution in [1.29, 1.82) is 0 Å². The molecule has 0 heterocycles. The number of benzene rings is 1. The first kappa shape index (κ1) is 18.1. The molecule has 1 unspecified atom stereocenters. The summed E-state index contributed by atoms with van der Waals surface area (Å²) in [7, 11) is 1.81. The van der Waals surface area contributed by atoms with Crippen molar-refractivity contribution in [1.82, 2.24) is 10.6 Å². The van der Waals surface area contributed by atoms with Gasteiger partial charge in [0, 0.05) is 31.8 Å². The molecule has 1 aliphatic carbocycles. The fraction of sp³-hybridized carbons (Fsp3) is 0.611. The Hall–Kier alpha value is -1.26. The van der Waals surface area contributed by atoms with E-state index in [-0.39, 0.29) is 6.04 Å². The predicted octanol–water partition coefficient (Wildman–Crippen LogP) is 3.77. The molecule has 1 atom stereocenters. The second-order valence-electron chi connectivity index (χ2n) is 6.29. The van der Waals surface area contributed by atoms with Crippen LogP contribution < -0.4 is 10.6 Å². The van der Waals surface area contributed by atoms with E-state index in [9.17, 15) is 0 Å². The second-order valence-corrected chi connectivity index (χ2v) is 6.73. The van der Waals surface area contributed by atoms with Gasteiger partial charge in [-0.05, 0) is 56.2 Å². The summed E-state index contributed by atoms with van der Waals surface area (Å²) < 4.78 is 5.49. The van der Waals surface area contributed by atoms with Gasteiger partial charge in [-0.25, -0.2) is 0 Å². The van der Waals surface area contributed by atoms with Gasteiger partial charge in [0.25, 0.3) is 0 Å². The summed E-state index contributed by atoms with van der Waals surface area (Å²) >= 11 is 5.94. The normalized spacial score (nSPS) is 17.7. The number of nitrogens with zero attached hydrogens (tertiary/aromatic N) is 1. The Morgan fingerprint density at radius 3 is 2.61 bits per heavy atom.